The maximum atomic E-state index is 12.9. The number of carbonyl (C=O) groups excluding carboxylic acids is 3. The number of ether oxygens (including phenoxy) is 3. The predicted octanol–water partition coefficient (Wildman–Crippen LogP) is 24.2. The van der Waals surface area contributed by atoms with Crippen LogP contribution in [-0.4, -0.2) is 37.2 Å². The van der Waals surface area contributed by atoms with E-state index in [4.69, 9.17) is 14.2 Å². The molecule has 0 aromatic carbocycles. The van der Waals surface area contributed by atoms with Crippen LogP contribution in [0, 0.1) is 0 Å². The van der Waals surface area contributed by atoms with E-state index in [0.717, 1.165) is 141 Å². The Kier molecular flexibility index (Phi) is 66.2. The number of carbonyl (C=O) groups is 3. The first kappa shape index (κ1) is 78.1. The Morgan fingerprint density at radius 2 is 0.476 bits per heavy atom. The van der Waals surface area contributed by atoms with Crippen LogP contribution in [0.25, 0.3) is 0 Å². The van der Waals surface area contributed by atoms with Crippen molar-refractivity contribution < 1.29 is 28.6 Å². The van der Waals surface area contributed by atoms with Gasteiger partial charge in [-0.2, -0.15) is 0 Å². The molecule has 6 nitrogen and oxygen atoms in total. The van der Waals surface area contributed by atoms with Crippen molar-refractivity contribution in [2.75, 3.05) is 13.2 Å². The summed E-state index contributed by atoms with van der Waals surface area (Å²) in [6, 6.07) is 0. The summed E-state index contributed by atoms with van der Waals surface area (Å²) in [7, 11) is 0. The lowest BCUT2D eigenvalue weighted by Crippen LogP contribution is -2.30. The standard InChI is InChI=1S/C76H130O6/c1-4-7-10-13-15-17-19-21-23-25-27-29-31-33-35-36-37-38-39-40-41-43-44-46-48-50-52-54-56-58-60-63-66-69-75(78)81-72-73(71-80-74(77)68-65-62-12-9-6-3)82-76(79)70-67-64-61-59-57-55-53-51-49-47-45-42-34-32-30-28-26-24-22-20-18-16-14-11-8-5-2/h7,10,15,17,21,23,27,29,33,35,37-38,40-41,44,46,50,52,73H,4-6,8-9,11-14,16,18-20,22,24-26,28,30-32,34,36,39,42-43,45,47-49,51,53-72H2,1-3H3/b10-7-,17-15-,23-21-,29-27-,35-33-,38-37-,41-40-,46-44-,52-50-. The van der Waals surface area contributed by atoms with E-state index in [0.29, 0.717) is 19.3 Å². The first-order chi connectivity index (χ1) is 40.5. The largest absolute Gasteiger partial charge is 0.462 e. The van der Waals surface area contributed by atoms with E-state index < -0.39 is 6.10 Å². The quantitative estimate of drug-likeness (QED) is 0.0261. The third-order valence-electron chi connectivity index (χ3n) is 15.0. The van der Waals surface area contributed by atoms with Gasteiger partial charge in [0, 0.05) is 19.3 Å². The van der Waals surface area contributed by atoms with Gasteiger partial charge in [0.2, 0.25) is 0 Å². The summed E-state index contributed by atoms with van der Waals surface area (Å²) in [6.07, 6.45) is 96.0. The summed E-state index contributed by atoms with van der Waals surface area (Å²) < 4.78 is 16.8. The molecule has 0 heterocycles. The van der Waals surface area contributed by atoms with E-state index in [1.807, 2.05) is 0 Å². The lowest BCUT2D eigenvalue weighted by molar-refractivity contribution is -0.167. The van der Waals surface area contributed by atoms with Crippen molar-refractivity contribution in [2.45, 2.75) is 341 Å². The minimum atomic E-state index is -0.783. The molecule has 0 aliphatic heterocycles. The first-order valence-electron chi connectivity index (χ1n) is 34.9. The fourth-order valence-electron chi connectivity index (χ4n) is 9.85. The summed E-state index contributed by atoms with van der Waals surface area (Å²) in [4.78, 5) is 38.0. The van der Waals surface area contributed by atoms with Crippen LogP contribution < -0.4 is 0 Å². The van der Waals surface area contributed by atoms with Gasteiger partial charge in [-0.05, 0) is 89.9 Å². The molecular weight excluding hydrogens is 1010 g/mol. The van der Waals surface area contributed by atoms with E-state index in [1.165, 1.54) is 154 Å². The van der Waals surface area contributed by atoms with Crippen LogP contribution in [0.2, 0.25) is 0 Å². The topological polar surface area (TPSA) is 78.9 Å². The SMILES string of the molecule is CC/C=C\C/C=C\C/C=C\C/C=C\C/C=C\C/C=C\C/C=C\C/C=C\C/C=C\CCCCCCCC(=O)OCC(COC(=O)CCCCCCC)OC(=O)CCCCCCCCCCCCCCCCCCCCCCCCCCCC. The number of hydrogen-bond donors (Lipinski definition) is 0. The van der Waals surface area contributed by atoms with E-state index in [2.05, 4.69) is 130 Å². The number of allylic oxidation sites excluding steroid dienone is 18. The van der Waals surface area contributed by atoms with Gasteiger partial charge >= 0.3 is 17.9 Å². The molecule has 0 aromatic heterocycles. The molecule has 0 aliphatic carbocycles. The Hall–Kier alpha value is -3.93. The van der Waals surface area contributed by atoms with Crippen LogP contribution in [0.3, 0.4) is 0 Å². The highest BCUT2D eigenvalue weighted by Gasteiger charge is 2.19. The van der Waals surface area contributed by atoms with Gasteiger partial charge in [0.25, 0.3) is 0 Å². The van der Waals surface area contributed by atoms with Gasteiger partial charge in [0.1, 0.15) is 13.2 Å². The Bertz CT molecular complexity index is 1640. The van der Waals surface area contributed by atoms with E-state index in [9.17, 15) is 14.4 Å². The second kappa shape index (κ2) is 69.6. The summed E-state index contributed by atoms with van der Waals surface area (Å²) in [6.45, 7) is 6.46. The fraction of sp³-hybridized carbons (Fsp3) is 0.724. The minimum absolute atomic E-state index is 0.0826. The molecule has 0 spiro atoms. The normalized spacial score (nSPS) is 12.8. The van der Waals surface area contributed by atoms with Crippen LogP contribution in [0.1, 0.15) is 335 Å². The van der Waals surface area contributed by atoms with Crippen molar-refractivity contribution in [3.63, 3.8) is 0 Å². The summed E-state index contributed by atoms with van der Waals surface area (Å²) >= 11 is 0. The molecule has 0 bridgehead atoms. The van der Waals surface area contributed by atoms with Gasteiger partial charge in [-0.1, -0.05) is 336 Å². The molecule has 0 aliphatic rings. The van der Waals surface area contributed by atoms with Gasteiger partial charge < -0.3 is 14.2 Å². The molecule has 0 rings (SSSR count). The molecule has 1 unspecified atom stereocenters. The molecule has 0 fully saturated rings. The Morgan fingerprint density at radius 1 is 0.256 bits per heavy atom. The van der Waals surface area contributed by atoms with Crippen LogP contribution >= 0.6 is 0 Å². The molecule has 0 N–H and O–H groups in total. The average Bonchev–Trinajstić information content (AvgIpc) is 3.47. The molecule has 0 radical (unpaired) electrons. The molecule has 0 saturated heterocycles. The monoisotopic (exact) mass is 1140 g/mol. The van der Waals surface area contributed by atoms with Crippen LogP contribution in [-0.2, 0) is 28.6 Å². The second-order valence-corrected chi connectivity index (χ2v) is 23.1. The highest BCUT2D eigenvalue weighted by atomic mass is 16.6. The lowest BCUT2D eigenvalue weighted by atomic mass is 10.0. The number of unbranched alkanes of at least 4 members (excludes halogenated alkanes) is 34. The maximum absolute atomic E-state index is 12.9. The Labute approximate surface area is 508 Å². The number of esters is 3. The van der Waals surface area contributed by atoms with E-state index in [-0.39, 0.29) is 31.1 Å². The van der Waals surface area contributed by atoms with Gasteiger partial charge in [0.05, 0.1) is 0 Å². The summed E-state index contributed by atoms with van der Waals surface area (Å²) in [5.41, 5.74) is 0. The highest BCUT2D eigenvalue weighted by Crippen LogP contribution is 2.17. The molecule has 0 amide bonds. The van der Waals surface area contributed by atoms with Gasteiger partial charge in [-0.25, -0.2) is 0 Å². The molecule has 470 valence electrons. The molecular formula is C76H130O6. The smallest absolute Gasteiger partial charge is 0.306 e. The summed E-state index contributed by atoms with van der Waals surface area (Å²) in [5, 5.41) is 0. The van der Waals surface area contributed by atoms with Gasteiger partial charge in [-0.3, -0.25) is 14.4 Å². The molecule has 6 heteroatoms. The fourth-order valence-corrected chi connectivity index (χ4v) is 9.85. The number of hydrogen-bond acceptors (Lipinski definition) is 6. The zero-order chi connectivity index (χ0) is 59.2. The van der Waals surface area contributed by atoms with E-state index in [1.54, 1.807) is 0 Å². The predicted molar refractivity (Wildman–Crippen MR) is 357 cm³/mol. The molecule has 1 atom stereocenters. The van der Waals surface area contributed by atoms with Crippen molar-refractivity contribution in [3.8, 4) is 0 Å². The van der Waals surface area contributed by atoms with Crippen molar-refractivity contribution >= 4 is 17.9 Å². The zero-order valence-electron chi connectivity index (χ0n) is 54.0. The minimum Gasteiger partial charge on any atom is -0.462 e. The molecule has 0 aromatic rings. The Balaban J connectivity index is 4.06. The average molecular weight is 1140 g/mol. The zero-order valence-corrected chi connectivity index (χ0v) is 54.0. The van der Waals surface area contributed by atoms with Crippen molar-refractivity contribution in [3.05, 3.63) is 109 Å². The van der Waals surface area contributed by atoms with Crippen molar-refractivity contribution in [1.82, 2.24) is 0 Å². The highest BCUT2D eigenvalue weighted by molar-refractivity contribution is 5.71. The summed E-state index contributed by atoms with van der Waals surface area (Å²) in [5.74, 6) is -0.905. The van der Waals surface area contributed by atoms with E-state index >= 15 is 0 Å². The van der Waals surface area contributed by atoms with Crippen LogP contribution in [0.15, 0.2) is 109 Å². The van der Waals surface area contributed by atoms with Gasteiger partial charge in [-0.15, -0.1) is 0 Å². The third kappa shape index (κ3) is 66.9. The molecule has 0 saturated carbocycles. The first-order valence-corrected chi connectivity index (χ1v) is 34.9. The third-order valence-corrected chi connectivity index (χ3v) is 15.0. The van der Waals surface area contributed by atoms with Gasteiger partial charge in [0.15, 0.2) is 6.10 Å². The maximum Gasteiger partial charge on any atom is 0.306 e. The second-order valence-electron chi connectivity index (χ2n) is 23.1. The van der Waals surface area contributed by atoms with Crippen LogP contribution in [0.5, 0.6) is 0 Å². The number of rotatable bonds is 63. The van der Waals surface area contributed by atoms with Crippen molar-refractivity contribution in [1.29, 1.82) is 0 Å². The van der Waals surface area contributed by atoms with Crippen molar-refractivity contribution in [2.24, 2.45) is 0 Å². The Morgan fingerprint density at radius 3 is 0.744 bits per heavy atom. The van der Waals surface area contributed by atoms with Crippen LogP contribution in [0.4, 0.5) is 0 Å². The molecule has 82 heavy (non-hydrogen) atoms. The lowest BCUT2D eigenvalue weighted by Gasteiger charge is -2.18.